The van der Waals surface area contributed by atoms with Gasteiger partial charge in [0.15, 0.2) is 17.6 Å². The molecule has 0 unspecified atom stereocenters. The van der Waals surface area contributed by atoms with E-state index in [1.807, 2.05) is 6.92 Å². The van der Waals surface area contributed by atoms with E-state index < -0.39 is 6.10 Å². The van der Waals surface area contributed by atoms with Gasteiger partial charge in [-0.15, -0.1) is 0 Å². The zero-order valence-electron chi connectivity index (χ0n) is 13.8. The monoisotopic (exact) mass is 333 g/mol. The van der Waals surface area contributed by atoms with Crippen molar-refractivity contribution in [2.75, 3.05) is 19.5 Å². The molecule has 0 spiro atoms. The first-order valence-electron chi connectivity index (χ1n) is 7.52. The van der Waals surface area contributed by atoms with Crippen LogP contribution in [0.25, 0.3) is 0 Å². The number of amides is 1. The first kappa shape index (κ1) is 17.6. The highest BCUT2D eigenvalue weighted by Crippen LogP contribution is 2.29. The zero-order valence-corrected chi connectivity index (χ0v) is 13.8. The first-order valence-corrected chi connectivity index (χ1v) is 7.52. The van der Waals surface area contributed by atoms with Gasteiger partial charge < -0.3 is 19.5 Å². The Balaban J connectivity index is 2.07. The molecule has 0 bridgehead atoms. The maximum Gasteiger partial charge on any atom is 0.265 e. The molecule has 6 heteroatoms. The van der Waals surface area contributed by atoms with Crippen LogP contribution in [0.3, 0.4) is 0 Å². The number of benzene rings is 2. The molecule has 2 rings (SSSR count). The fourth-order valence-corrected chi connectivity index (χ4v) is 2.14. The molecule has 0 saturated carbocycles. The molecular weight excluding hydrogens is 313 g/mol. The van der Waals surface area contributed by atoms with Crippen molar-refractivity contribution in [1.82, 2.24) is 0 Å². The van der Waals surface area contributed by atoms with E-state index in [4.69, 9.17) is 14.2 Å². The number of ether oxygens (including phenoxy) is 3. The van der Waals surface area contributed by atoms with Crippen LogP contribution in [-0.2, 0) is 4.79 Å². The van der Waals surface area contributed by atoms with Crippen LogP contribution in [0.1, 0.15) is 13.3 Å². The van der Waals surface area contributed by atoms with E-state index in [0.29, 0.717) is 29.4 Å². The van der Waals surface area contributed by atoms with Gasteiger partial charge in [0.1, 0.15) is 11.6 Å². The summed E-state index contributed by atoms with van der Waals surface area (Å²) in [5.41, 5.74) is 0.568. The van der Waals surface area contributed by atoms with Crippen molar-refractivity contribution >= 4 is 11.6 Å². The van der Waals surface area contributed by atoms with Crippen LogP contribution in [0, 0.1) is 5.82 Å². The van der Waals surface area contributed by atoms with E-state index in [1.165, 1.54) is 31.4 Å². The van der Waals surface area contributed by atoms with E-state index in [0.717, 1.165) is 0 Å². The fraction of sp³-hybridized carbons (Fsp3) is 0.278. The van der Waals surface area contributed by atoms with Gasteiger partial charge in [-0.25, -0.2) is 4.39 Å². The minimum absolute atomic E-state index is 0.297. The van der Waals surface area contributed by atoms with Gasteiger partial charge in [0.05, 0.1) is 14.2 Å². The molecule has 128 valence electrons. The molecule has 1 amide bonds. The lowest BCUT2D eigenvalue weighted by Crippen LogP contribution is -2.32. The van der Waals surface area contributed by atoms with Crippen molar-refractivity contribution < 1.29 is 23.4 Å². The normalized spacial score (nSPS) is 11.5. The number of halogens is 1. The minimum Gasteiger partial charge on any atom is -0.493 e. The second-order valence-electron chi connectivity index (χ2n) is 5.03. The molecule has 1 N–H and O–H groups in total. The molecule has 0 aliphatic carbocycles. The van der Waals surface area contributed by atoms with Crippen LogP contribution in [0.2, 0.25) is 0 Å². The summed E-state index contributed by atoms with van der Waals surface area (Å²) in [4.78, 5) is 12.4. The molecule has 24 heavy (non-hydrogen) atoms. The predicted octanol–water partition coefficient (Wildman–Crippen LogP) is 3.64. The Bertz CT molecular complexity index is 688. The van der Waals surface area contributed by atoms with Crippen molar-refractivity contribution in [3.05, 3.63) is 48.3 Å². The summed E-state index contributed by atoms with van der Waals surface area (Å²) in [5.74, 6) is 0.873. The lowest BCUT2D eigenvalue weighted by Gasteiger charge is -2.18. The van der Waals surface area contributed by atoms with E-state index in [1.54, 1.807) is 25.3 Å². The Kier molecular flexibility index (Phi) is 6.01. The Morgan fingerprint density at radius 3 is 2.33 bits per heavy atom. The van der Waals surface area contributed by atoms with Gasteiger partial charge in [-0.1, -0.05) is 6.92 Å². The summed E-state index contributed by atoms with van der Waals surface area (Å²) < 4.78 is 28.9. The lowest BCUT2D eigenvalue weighted by atomic mass is 10.2. The topological polar surface area (TPSA) is 56.8 Å². The van der Waals surface area contributed by atoms with Crippen molar-refractivity contribution in [2.45, 2.75) is 19.4 Å². The fourth-order valence-electron chi connectivity index (χ4n) is 2.14. The number of methoxy groups -OCH3 is 2. The predicted molar refractivity (Wildman–Crippen MR) is 89.3 cm³/mol. The quantitative estimate of drug-likeness (QED) is 0.840. The summed E-state index contributed by atoms with van der Waals surface area (Å²) in [7, 11) is 3.07. The van der Waals surface area contributed by atoms with Gasteiger partial charge >= 0.3 is 0 Å². The summed E-state index contributed by atoms with van der Waals surface area (Å²) >= 11 is 0. The average molecular weight is 333 g/mol. The molecule has 2 aromatic carbocycles. The number of carbonyl (C=O) groups is 1. The maximum absolute atomic E-state index is 12.9. The minimum atomic E-state index is -0.691. The number of carbonyl (C=O) groups excluding carboxylic acids is 1. The van der Waals surface area contributed by atoms with Crippen molar-refractivity contribution in [1.29, 1.82) is 0 Å². The number of anilines is 1. The second kappa shape index (κ2) is 8.19. The molecule has 0 aliphatic heterocycles. The highest BCUT2D eigenvalue weighted by molar-refractivity contribution is 5.94. The van der Waals surface area contributed by atoms with Crippen molar-refractivity contribution in [2.24, 2.45) is 0 Å². The molecule has 0 heterocycles. The van der Waals surface area contributed by atoms with Gasteiger partial charge in [-0.2, -0.15) is 0 Å². The van der Waals surface area contributed by atoms with Gasteiger partial charge in [0, 0.05) is 11.8 Å². The Labute approximate surface area is 140 Å². The molecule has 0 saturated heterocycles. The molecule has 0 aliphatic rings. The van der Waals surface area contributed by atoms with Crippen LogP contribution in [0.5, 0.6) is 17.2 Å². The summed E-state index contributed by atoms with van der Waals surface area (Å²) in [5, 5.41) is 2.78. The second-order valence-corrected chi connectivity index (χ2v) is 5.03. The molecule has 1 atom stereocenters. The highest BCUT2D eigenvalue weighted by atomic mass is 19.1. The summed E-state index contributed by atoms with van der Waals surface area (Å²) in [6.45, 7) is 1.84. The van der Waals surface area contributed by atoms with Crippen molar-refractivity contribution in [3.63, 3.8) is 0 Å². The van der Waals surface area contributed by atoms with Gasteiger partial charge in [-0.05, 0) is 42.8 Å². The number of rotatable bonds is 7. The smallest absolute Gasteiger partial charge is 0.265 e. The lowest BCUT2D eigenvalue weighted by molar-refractivity contribution is -0.122. The van der Waals surface area contributed by atoms with E-state index >= 15 is 0 Å². The largest absolute Gasteiger partial charge is 0.493 e. The number of nitrogens with one attached hydrogen (secondary N) is 1. The Morgan fingerprint density at radius 1 is 1.08 bits per heavy atom. The van der Waals surface area contributed by atoms with Crippen molar-refractivity contribution in [3.8, 4) is 17.2 Å². The molecule has 2 aromatic rings. The standard InChI is InChI=1S/C18H20FNO4/c1-4-15(24-14-8-5-12(19)6-9-14)18(21)20-13-7-10-16(22-2)17(11-13)23-3/h5-11,15H,4H2,1-3H3,(H,20,21)/t15-/m0/s1. The first-order chi connectivity index (χ1) is 11.6. The number of hydrogen-bond donors (Lipinski definition) is 1. The van der Waals surface area contributed by atoms with Gasteiger partial charge in [0.25, 0.3) is 5.91 Å². The van der Waals surface area contributed by atoms with Gasteiger partial charge in [0.2, 0.25) is 0 Å². The van der Waals surface area contributed by atoms with Crippen LogP contribution in [0.4, 0.5) is 10.1 Å². The molecular formula is C18H20FNO4. The van der Waals surface area contributed by atoms with Crippen LogP contribution < -0.4 is 19.5 Å². The average Bonchev–Trinajstić information content (AvgIpc) is 2.60. The third kappa shape index (κ3) is 4.38. The van der Waals surface area contributed by atoms with Crippen LogP contribution >= 0.6 is 0 Å². The molecule has 0 fully saturated rings. The molecule has 5 nitrogen and oxygen atoms in total. The summed E-state index contributed by atoms with van der Waals surface area (Å²) in [6.07, 6.45) is -0.222. The Hall–Kier alpha value is -2.76. The maximum atomic E-state index is 12.9. The molecule has 0 radical (unpaired) electrons. The third-order valence-corrected chi connectivity index (χ3v) is 3.41. The Morgan fingerprint density at radius 2 is 1.75 bits per heavy atom. The molecule has 0 aromatic heterocycles. The van der Waals surface area contributed by atoms with Crippen LogP contribution in [-0.4, -0.2) is 26.2 Å². The van der Waals surface area contributed by atoms with Gasteiger partial charge in [-0.3, -0.25) is 4.79 Å². The third-order valence-electron chi connectivity index (χ3n) is 3.41. The van der Waals surface area contributed by atoms with E-state index in [-0.39, 0.29) is 11.7 Å². The highest BCUT2D eigenvalue weighted by Gasteiger charge is 2.19. The zero-order chi connectivity index (χ0) is 17.5. The summed E-state index contributed by atoms with van der Waals surface area (Å²) in [6, 6.07) is 10.6. The van der Waals surface area contributed by atoms with E-state index in [9.17, 15) is 9.18 Å². The van der Waals surface area contributed by atoms with E-state index in [2.05, 4.69) is 5.32 Å². The number of hydrogen-bond acceptors (Lipinski definition) is 4. The van der Waals surface area contributed by atoms with Crippen LogP contribution in [0.15, 0.2) is 42.5 Å². The SMILES string of the molecule is CC[C@H](Oc1ccc(F)cc1)C(=O)Nc1ccc(OC)c(OC)c1.